The highest BCUT2D eigenvalue weighted by Gasteiger charge is 2.18. The molecule has 0 aliphatic rings. The SMILES string of the molecule is CNc1cnc2ccc(OC)cc2c1C(=N)c1ccc(C#N)cc1F.COC. The summed E-state index contributed by atoms with van der Waals surface area (Å²) in [6.45, 7) is 0. The minimum Gasteiger partial charge on any atom is -0.497 e. The lowest BCUT2D eigenvalue weighted by molar-refractivity contribution is 0.277. The lowest BCUT2D eigenvalue weighted by Crippen LogP contribution is -2.09. The molecule has 6 nitrogen and oxygen atoms in total. The van der Waals surface area contributed by atoms with Crippen LogP contribution in [0.4, 0.5) is 10.1 Å². The topological polar surface area (TPSA) is 91.0 Å². The Labute approximate surface area is 163 Å². The molecule has 0 aliphatic carbocycles. The first-order valence-corrected chi connectivity index (χ1v) is 8.34. The van der Waals surface area contributed by atoms with E-state index in [-0.39, 0.29) is 16.8 Å². The second kappa shape index (κ2) is 9.44. The molecule has 0 saturated heterocycles. The number of hydrogen-bond acceptors (Lipinski definition) is 6. The Bertz CT molecular complexity index is 1040. The van der Waals surface area contributed by atoms with Crippen LogP contribution in [0.25, 0.3) is 10.9 Å². The molecule has 144 valence electrons. The molecule has 0 unspecified atom stereocenters. The third-order valence-corrected chi connectivity index (χ3v) is 3.96. The second-order valence-corrected chi connectivity index (χ2v) is 5.77. The van der Waals surface area contributed by atoms with Gasteiger partial charge in [0.25, 0.3) is 0 Å². The summed E-state index contributed by atoms with van der Waals surface area (Å²) < 4.78 is 23.9. The number of aromatic nitrogens is 1. The standard InChI is InChI=1S/C19H15FN4O.C2H6O/c1-23-17-10-24-16-6-4-12(25-2)8-14(16)18(17)19(22)13-5-3-11(9-21)7-15(13)20;1-3-2/h3-8,10,22-23H,1-2H3;1-2H3. The average Bonchev–Trinajstić information content (AvgIpc) is 2.72. The van der Waals surface area contributed by atoms with E-state index in [1.54, 1.807) is 52.8 Å². The smallest absolute Gasteiger partial charge is 0.133 e. The largest absolute Gasteiger partial charge is 0.497 e. The van der Waals surface area contributed by atoms with Gasteiger partial charge in [0.1, 0.15) is 11.6 Å². The van der Waals surface area contributed by atoms with Gasteiger partial charge in [-0.1, -0.05) is 0 Å². The molecule has 0 atom stereocenters. The maximum Gasteiger partial charge on any atom is 0.133 e. The van der Waals surface area contributed by atoms with E-state index in [4.69, 9.17) is 15.4 Å². The van der Waals surface area contributed by atoms with Crippen LogP contribution in [-0.4, -0.2) is 39.1 Å². The fraction of sp³-hybridized carbons (Fsp3) is 0.190. The monoisotopic (exact) mass is 380 g/mol. The van der Waals surface area contributed by atoms with Crippen molar-refractivity contribution in [3.05, 3.63) is 65.1 Å². The number of nitrogens with zero attached hydrogens (tertiary/aromatic N) is 2. The summed E-state index contributed by atoms with van der Waals surface area (Å²) >= 11 is 0. The van der Waals surface area contributed by atoms with Crippen molar-refractivity contribution < 1.29 is 13.9 Å². The van der Waals surface area contributed by atoms with Gasteiger partial charge in [-0.05, 0) is 36.4 Å². The lowest BCUT2D eigenvalue weighted by atomic mass is 9.96. The van der Waals surface area contributed by atoms with Crippen LogP contribution in [0.3, 0.4) is 0 Å². The predicted octanol–water partition coefficient (Wildman–Crippen LogP) is 3.97. The second-order valence-electron chi connectivity index (χ2n) is 5.77. The molecule has 0 saturated carbocycles. The molecule has 1 heterocycles. The number of methoxy groups -OCH3 is 2. The summed E-state index contributed by atoms with van der Waals surface area (Å²) in [5.41, 5.74) is 2.14. The van der Waals surface area contributed by atoms with E-state index in [0.29, 0.717) is 27.9 Å². The van der Waals surface area contributed by atoms with Crippen LogP contribution in [0, 0.1) is 22.6 Å². The van der Waals surface area contributed by atoms with Gasteiger partial charge in [0.15, 0.2) is 0 Å². The van der Waals surface area contributed by atoms with Gasteiger partial charge in [-0.2, -0.15) is 5.26 Å². The summed E-state index contributed by atoms with van der Waals surface area (Å²) in [5, 5.41) is 21.1. The van der Waals surface area contributed by atoms with Crippen molar-refractivity contribution in [1.82, 2.24) is 4.98 Å². The molecular weight excluding hydrogens is 359 g/mol. The average molecular weight is 380 g/mol. The number of rotatable bonds is 4. The van der Waals surface area contributed by atoms with Crippen LogP contribution >= 0.6 is 0 Å². The Morgan fingerprint density at radius 3 is 2.46 bits per heavy atom. The number of hydrogen-bond donors (Lipinski definition) is 2. The van der Waals surface area contributed by atoms with Crippen LogP contribution in [0.5, 0.6) is 5.75 Å². The van der Waals surface area contributed by atoms with Gasteiger partial charge < -0.3 is 14.8 Å². The molecule has 2 aromatic carbocycles. The van der Waals surface area contributed by atoms with Crippen LogP contribution in [0.15, 0.2) is 42.6 Å². The number of nitrogens with one attached hydrogen (secondary N) is 2. The first-order chi connectivity index (χ1) is 13.5. The van der Waals surface area contributed by atoms with E-state index < -0.39 is 5.82 Å². The predicted molar refractivity (Wildman–Crippen MR) is 108 cm³/mol. The van der Waals surface area contributed by atoms with Gasteiger partial charge in [-0.3, -0.25) is 10.4 Å². The van der Waals surface area contributed by atoms with E-state index in [1.165, 1.54) is 12.1 Å². The van der Waals surface area contributed by atoms with Crippen LogP contribution in [0.1, 0.15) is 16.7 Å². The number of ether oxygens (including phenoxy) is 2. The van der Waals surface area contributed by atoms with Crippen molar-refractivity contribution in [3.8, 4) is 11.8 Å². The summed E-state index contributed by atoms with van der Waals surface area (Å²) in [7, 11) is 6.52. The normalized spacial score (nSPS) is 9.86. The van der Waals surface area contributed by atoms with E-state index in [2.05, 4.69) is 15.0 Å². The van der Waals surface area contributed by atoms with Gasteiger partial charge in [0.2, 0.25) is 0 Å². The molecule has 2 N–H and O–H groups in total. The van der Waals surface area contributed by atoms with Gasteiger partial charge in [0, 0.05) is 37.8 Å². The minimum absolute atomic E-state index is 0.00647. The maximum atomic E-state index is 14.4. The number of nitriles is 1. The zero-order chi connectivity index (χ0) is 20.7. The van der Waals surface area contributed by atoms with Crippen molar-refractivity contribution in [2.45, 2.75) is 0 Å². The summed E-state index contributed by atoms with van der Waals surface area (Å²) in [5.74, 6) is 0.0101. The number of halogens is 1. The molecule has 28 heavy (non-hydrogen) atoms. The number of fused-ring (bicyclic) bond motifs is 1. The molecule has 0 spiro atoms. The van der Waals surface area contributed by atoms with Crippen LogP contribution in [0.2, 0.25) is 0 Å². The molecule has 3 aromatic rings. The Balaban J connectivity index is 0.000000878. The van der Waals surface area contributed by atoms with Gasteiger partial charge in [-0.25, -0.2) is 4.39 Å². The molecule has 3 rings (SSSR count). The van der Waals surface area contributed by atoms with Gasteiger partial charge in [0.05, 0.1) is 41.9 Å². The third-order valence-electron chi connectivity index (χ3n) is 3.96. The van der Waals surface area contributed by atoms with Crippen molar-refractivity contribution in [3.63, 3.8) is 0 Å². The van der Waals surface area contributed by atoms with Crippen LogP contribution < -0.4 is 10.1 Å². The Morgan fingerprint density at radius 2 is 1.89 bits per heavy atom. The van der Waals surface area contributed by atoms with Crippen LogP contribution in [-0.2, 0) is 4.74 Å². The van der Waals surface area contributed by atoms with E-state index >= 15 is 0 Å². The third kappa shape index (κ3) is 4.24. The highest BCUT2D eigenvalue weighted by Crippen LogP contribution is 2.30. The van der Waals surface area contributed by atoms with Gasteiger partial charge in [-0.15, -0.1) is 0 Å². The first-order valence-electron chi connectivity index (χ1n) is 8.34. The van der Waals surface area contributed by atoms with E-state index in [9.17, 15) is 4.39 Å². The van der Waals surface area contributed by atoms with Crippen molar-refractivity contribution >= 4 is 22.3 Å². The van der Waals surface area contributed by atoms with E-state index in [0.717, 1.165) is 6.07 Å². The van der Waals surface area contributed by atoms with Gasteiger partial charge >= 0.3 is 0 Å². The number of anilines is 1. The van der Waals surface area contributed by atoms with Crippen molar-refractivity contribution in [1.29, 1.82) is 10.7 Å². The summed E-state index contributed by atoms with van der Waals surface area (Å²) in [6, 6.07) is 11.3. The molecule has 0 fully saturated rings. The minimum atomic E-state index is -0.612. The summed E-state index contributed by atoms with van der Waals surface area (Å²) in [6.07, 6.45) is 1.61. The highest BCUT2D eigenvalue weighted by atomic mass is 19.1. The molecule has 0 aliphatic heterocycles. The molecule has 1 aromatic heterocycles. The lowest BCUT2D eigenvalue weighted by Gasteiger charge is -2.15. The maximum absolute atomic E-state index is 14.4. The highest BCUT2D eigenvalue weighted by molar-refractivity contribution is 6.20. The number of benzene rings is 2. The zero-order valence-electron chi connectivity index (χ0n) is 16.1. The zero-order valence-corrected chi connectivity index (χ0v) is 16.1. The fourth-order valence-electron chi connectivity index (χ4n) is 2.68. The molecule has 0 bridgehead atoms. The van der Waals surface area contributed by atoms with Crippen molar-refractivity contribution in [2.24, 2.45) is 0 Å². The fourth-order valence-corrected chi connectivity index (χ4v) is 2.68. The Kier molecular flexibility index (Phi) is 7.02. The molecule has 0 amide bonds. The molecule has 7 heteroatoms. The number of pyridine rings is 1. The van der Waals surface area contributed by atoms with E-state index in [1.807, 2.05) is 6.07 Å². The molecule has 0 radical (unpaired) electrons. The molecular formula is C21H21FN4O2. The summed E-state index contributed by atoms with van der Waals surface area (Å²) in [4.78, 5) is 4.36. The quantitative estimate of drug-likeness (QED) is 0.668. The Morgan fingerprint density at radius 1 is 1.18 bits per heavy atom. The Hall–Kier alpha value is -3.50. The van der Waals surface area contributed by atoms with Crippen molar-refractivity contribution in [2.75, 3.05) is 33.7 Å². The first kappa shape index (κ1) is 20.8.